The molecule has 3 aromatic carbocycles. The van der Waals surface area contributed by atoms with Crippen LogP contribution in [0.2, 0.25) is 5.02 Å². The predicted octanol–water partition coefficient (Wildman–Crippen LogP) is 4.76. The Morgan fingerprint density at radius 2 is 1.73 bits per heavy atom. The minimum absolute atomic E-state index is 0.0391. The minimum Gasteiger partial charge on any atom is -0.507 e. The Morgan fingerprint density at radius 1 is 1.05 bits per heavy atom. The van der Waals surface area contributed by atoms with E-state index in [0.717, 1.165) is 16.3 Å². The Hall–Kier alpha value is -2.52. The standard InChI is InChI=1S/C18H14ClNO2/c1-11-8-14(19)6-7-16(11)20-18(22)15-9-12-4-2-3-5-13(12)10-17(15)21/h2-10,21H,1H3,(H,20,22). The highest BCUT2D eigenvalue weighted by atomic mass is 35.5. The number of anilines is 1. The highest BCUT2D eigenvalue weighted by molar-refractivity contribution is 6.30. The number of amides is 1. The molecule has 3 nitrogen and oxygen atoms in total. The number of hydrogen-bond donors (Lipinski definition) is 2. The van der Waals surface area contributed by atoms with Crippen LogP contribution in [0.4, 0.5) is 5.69 Å². The molecule has 0 spiro atoms. The number of rotatable bonds is 2. The minimum atomic E-state index is -0.353. The van der Waals surface area contributed by atoms with Crippen molar-refractivity contribution in [2.45, 2.75) is 6.92 Å². The van der Waals surface area contributed by atoms with Crippen molar-refractivity contribution in [1.82, 2.24) is 0 Å². The number of phenolic OH excluding ortho intramolecular Hbond substituents is 1. The van der Waals surface area contributed by atoms with Gasteiger partial charge in [0.1, 0.15) is 5.75 Å². The number of phenols is 1. The summed E-state index contributed by atoms with van der Waals surface area (Å²) in [5, 5.41) is 15.3. The topological polar surface area (TPSA) is 49.3 Å². The fraction of sp³-hybridized carbons (Fsp3) is 0.0556. The van der Waals surface area contributed by atoms with Crippen molar-refractivity contribution >= 4 is 34.0 Å². The van der Waals surface area contributed by atoms with E-state index in [-0.39, 0.29) is 17.2 Å². The summed E-state index contributed by atoms with van der Waals surface area (Å²) < 4.78 is 0. The molecule has 3 aromatic rings. The smallest absolute Gasteiger partial charge is 0.259 e. The zero-order valence-corrected chi connectivity index (χ0v) is 12.7. The highest BCUT2D eigenvalue weighted by Gasteiger charge is 2.13. The zero-order chi connectivity index (χ0) is 15.7. The highest BCUT2D eigenvalue weighted by Crippen LogP contribution is 2.27. The van der Waals surface area contributed by atoms with E-state index in [1.165, 1.54) is 0 Å². The van der Waals surface area contributed by atoms with Crippen molar-refractivity contribution < 1.29 is 9.90 Å². The van der Waals surface area contributed by atoms with E-state index < -0.39 is 0 Å². The number of aromatic hydroxyl groups is 1. The van der Waals surface area contributed by atoms with Crippen LogP contribution in [0, 0.1) is 6.92 Å². The van der Waals surface area contributed by atoms with Gasteiger partial charge in [-0.15, -0.1) is 0 Å². The van der Waals surface area contributed by atoms with Gasteiger partial charge in [0.2, 0.25) is 0 Å². The lowest BCUT2D eigenvalue weighted by Gasteiger charge is -2.10. The SMILES string of the molecule is Cc1cc(Cl)ccc1NC(=O)c1cc2ccccc2cc1O. The maximum atomic E-state index is 12.4. The third-order valence-corrected chi connectivity index (χ3v) is 3.78. The summed E-state index contributed by atoms with van der Waals surface area (Å²) in [5.74, 6) is -0.392. The Labute approximate surface area is 133 Å². The Bertz CT molecular complexity index is 874. The van der Waals surface area contributed by atoms with Gasteiger partial charge in [-0.1, -0.05) is 35.9 Å². The monoisotopic (exact) mass is 311 g/mol. The first-order valence-corrected chi connectivity index (χ1v) is 7.21. The molecule has 0 radical (unpaired) electrons. The number of aryl methyl sites for hydroxylation is 1. The molecule has 110 valence electrons. The molecule has 0 fully saturated rings. The molecule has 0 atom stereocenters. The Balaban J connectivity index is 1.96. The van der Waals surface area contributed by atoms with Gasteiger partial charge in [0, 0.05) is 10.7 Å². The largest absolute Gasteiger partial charge is 0.507 e. The van der Waals surface area contributed by atoms with E-state index in [0.29, 0.717) is 10.7 Å². The molecule has 1 amide bonds. The van der Waals surface area contributed by atoms with Crippen LogP contribution >= 0.6 is 11.6 Å². The van der Waals surface area contributed by atoms with E-state index >= 15 is 0 Å². The number of benzene rings is 3. The molecule has 0 heterocycles. The number of carbonyl (C=O) groups is 1. The van der Waals surface area contributed by atoms with Gasteiger partial charge < -0.3 is 10.4 Å². The molecule has 4 heteroatoms. The number of halogens is 1. The molecular weight excluding hydrogens is 298 g/mol. The zero-order valence-electron chi connectivity index (χ0n) is 11.9. The predicted molar refractivity (Wildman–Crippen MR) is 89.8 cm³/mol. The van der Waals surface area contributed by atoms with Crippen molar-refractivity contribution in [2.24, 2.45) is 0 Å². The van der Waals surface area contributed by atoms with Crippen LogP contribution in [0.15, 0.2) is 54.6 Å². The maximum Gasteiger partial charge on any atom is 0.259 e. The summed E-state index contributed by atoms with van der Waals surface area (Å²) in [6, 6.07) is 16.1. The average molecular weight is 312 g/mol. The van der Waals surface area contributed by atoms with Gasteiger partial charge in [-0.05, 0) is 53.6 Å². The second-order valence-corrected chi connectivity index (χ2v) is 5.57. The van der Waals surface area contributed by atoms with Crippen LogP contribution in [0.3, 0.4) is 0 Å². The normalized spacial score (nSPS) is 10.6. The molecular formula is C18H14ClNO2. The van der Waals surface area contributed by atoms with Crippen LogP contribution in [0.5, 0.6) is 5.75 Å². The Kier molecular flexibility index (Phi) is 3.73. The molecule has 0 aliphatic carbocycles. The van der Waals surface area contributed by atoms with Gasteiger partial charge >= 0.3 is 0 Å². The van der Waals surface area contributed by atoms with Gasteiger partial charge in [0.25, 0.3) is 5.91 Å². The Morgan fingerprint density at radius 3 is 2.41 bits per heavy atom. The van der Waals surface area contributed by atoms with Crippen LogP contribution in [0.25, 0.3) is 10.8 Å². The van der Waals surface area contributed by atoms with E-state index in [1.54, 1.807) is 30.3 Å². The second kappa shape index (κ2) is 5.70. The van der Waals surface area contributed by atoms with E-state index in [1.807, 2.05) is 31.2 Å². The van der Waals surface area contributed by atoms with Crippen molar-refractivity contribution in [3.05, 3.63) is 70.7 Å². The first-order valence-electron chi connectivity index (χ1n) is 6.84. The van der Waals surface area contributed by atoms with E-state index in [2.05, 4.69) is 5.32 Å². The van der Waals surface area contributed by atoms with Gasteiger partial charge in [0.05, 0.1) is 5.56 Å². The summed E-state index contributed by atoms with van der Waals surface area (Å²) in [4.78, 5) is 12.4. The first kappa shape index (κ1) is 14.4. The molecule has 0 bridgehead atoms. The summed E-state index contributed by atoms with van der Waals surface area (Å²) in [5.41, 5.74) is 1.77. The molecule has 22 heavy (non-hydrogen) atoms. The van der Waals surface area contributed by atoms with Crippen LogP contribution in [-0.4, -0.2) is 11.0 Å². The summed E-state index contributed by atoms with van der Waals surface area (Å²) >= 11 is 5.91. The summed E-state index contributed by atoms with van der Waals surface area (Å²) in [6.07, 6.45) is 0. The van der Waals surface area contributed by atoms with E-state index in [4.69, 9.17) is 11.6 Å². The summed E-state index contributed by atoms with van der Waals surface area (Å²) in [7, 11) is 0. The lowest BCUT2D eigenvalue weighted by atomic mass is 10.1. The fourth-order valence-electron chi connectivity index (χ4n) is 2.37. The molecule has 0 aliphatic heterocycles. The van der Waals surface area contributed by atoms with Gasteiger partial charge in [-0.3, -0.25) is 4.79 Å². The average Bonchev–Trinajstić information content (AvgIpc) is 2.49. The number of carbonyl (C=O) groups excluding carboxylic acids is 1. The fourth-order valence-corrected chi connectivity index (χ4v) is 2.59. The molecule has 0 aromatic heterocycles. The quantitative estimate of drug-likeness (QED) is 0.717. The first-order chi connectivity index (χ1) is 10.5. The molecule has 0 aliphatic rings. The van der Waals surface area contributed by atoms with Gasteiger partial charge in [0.15, 0.2) is 0 Å². The third-order valence-electron chi connectivity index (χ3n) is 3.55. The van der Waals surface area contributed by atoms with Crippen molar-refractivity contribution in [1.29, 1.82) is 0 Å². The molecule has 2 N–H and O–H groups in total. The molecule has 0 unspecified atom stereocenters. The van der Waals surface area contributed by atoms with Crippen LogP contribution in [0.1, 0.15) is 15.9 Å². The van der Waals surface area contributed by atoms with Gasteiger partial charge in [-0.25, -0.2) is 0 Å². The lowest BCUT2D eigenvalue weighted by Crippen LogP contribution is -2.13. The van der Waals surface area contributed by atoms with Crippen molar-refractivity contribution in [3.8, 4) is 5.75 Å². The second-order valence-electron chi connectivity index (χ2n) is 5.13. The van der Waals surface area contributed by atoms with E-state index in [9.17, 15) is 9.90 Å². The molecule has 3 rings (SSSR count). The number of nitrogens with one attached hydrogen (secondary N) is 1. The van der Waals surface area contributed by atoms with Crippen molar-refractivity contribution in [2.75, 3.05) is 5.32 Å². The van der Waals surface area contributed by atoms with Crippen LogP contribution < -0.4 is 5.32 Å². The molecule has 0 saturated heterocycles. The maximum absolute atomic E-state index is 12.4. The number of hydrogen-bond acceptors (Lipinski definition) is 2. The van der Waals surface area contributed by atoms with Crippen molar-refractivity contribution in [3.63, 3.8) is 0 Å². The van der Waals surface area contributed by atoms with Crippen LogP contribution in [-0.2, 0) is 0 Å². The molecule has 0 saturated carbocycles. The summed E-state index contributed by atoms with van der Waals surface area (Å²) in [6.45, 7) is 1.86. The lowest BCUT2D eigenvalue weighted by molar-refractivity contribution is 0.102. The number of fused-ring (bicyclic) bond motifs is 1. The van der Waals surface area contributed by atoms with Gasteiger partial charge in [-0.2, -0.15) is 0 Å². The third kappa shape index (κ3) is 2.76.